The van der Waals surface area contributed by atoms with E-state index in [4.69, 9.17) is 42.1 Å². The van der Waals surface area contributed by atoms with Crippen molar-refractivity contribution < 1.29 is 49.0 Å². The maximum Gasteiger partial charge on any atom is 0.321 e. The number of pyridine rings is 1. The van der Waals surface area contributed by atoms with Gasteiger partial charge in [0.15, 0.2) is 0 Å². The Hall–Kier alpha value is -5.92. The van der Waals surface area contributed by atoms with Crippen LogP contribution in [0.25, 0.3) is 11.1 Å². The van der Waals surface area contributed by atoms with Gasteiger partial charge in [-0.15, -0.1) is 0 Å². The summed E-state index contributed by atoms with van der Waals surface area (Å²) in [4.78, 5) is 31.3. The predicted molar refractivity (Wildman–Crippen MR) is 247 cm³/mol. The van der Waals surface area contributed by atoms with Gasteiger partial charge in [-0.25, -0.2) is 0 Å². The van der Waals surface area contributed by atoms with E-state index in [1.165, 1.54) is 13.3 Å². The van der Waals surface area contributed by atoms with Crippen molar-refractivity contribution in [2.24, 2.45) is 0 Å². The summed E-state index contributed by atoms with van der Waals surface area (Å²) in [6, 6.07) is 20.8. The number of likely N-dealkylation sites (N-methyl/N-ethyl adjacent to an activating group) is 2. The lowest BCUT2D eigenvalue weighted by Gasteiger charge is -2.25. The fourth-order valence-corrected chi connectivity index (χ4v) is 8.02. The second-order valence-corrected chi connectivity index (χ2v) is 16.5. The lowest BCUT2D eigenvalue weighted by Crippen LogP contribution is -2.38. The molecule has 65 heavy (non-hydrogen) atoms. The molecule has 1 aromatic heterocycles. The minimum absolute atomic E-state index is 0.0333. The number of aliphatic carboxylic acids is 2. The zero-order valence-electron chi connectivity index (χ0n) is 37.0. The van der Waals surface area contributed by atoms with Gasteiger partial charge in [-0.1, -0.05) is 59.6 Å². The Morgan fingerprint density at radius 1 is 0.692 bits per heavy atom. The maximum atomic E-state index is 12.0. The highest BCUT2D eigenvalue weighted by atomic mass is 35.5. The number of aliphatic hydroxyl groups excluding tert-OH is 2. The molecule has 0 spiro atoms. The van der Waals surface area contributed by atoms with Crippen molar-refractivity contribution in [2.45, 2.75) is 78.1 Å². The lowest BCUT2D eigenvalue weighted by atomic mass is 9.92. The summed E-state index contributed by atoms with van der Waals surface area (Å²) in [5.41, 5.74) is 8.16. The van der Waals surface area contributed by atoms with E-state index in [1.54, 1.807) is 60.4 Å². The van der Waals surface area contributed by atoms with Crippen molar-refractivity contribution in [3.05, 3.63) is 134 Å². The van der Waals surface area contributed by atoms with Gasteiger partial charge in [0.05, 0.1) is 22.7 Å². The van der Waals surface area contributed by atoms with E-state index in [2.05, 4.69) is 11.1 Å². The number of halogens is 2. The highest BCUT2D eigenvalue weighted by Gasteiger charge is 2.26. The Labute approximate surface area is 389 Å². The molecule has 344 valence electrons. The lowest BCUT2D eigenvalue weighted by molar-refractivity contribution is -0.144. The molecule has 0 aliphatic heterocycles. The third kappa shape index (κ3) is 13.1. The van der Waals surface area contributed by atoms with Crippen LogP contribution < -0.4 is 18.9 Å². The van der Waals surface area contributed by atoms with Gasteiger partial charge in [-0.2, -0.15) is 5.26 Å². The minimum Gasteiger partial charge on any atom is -0.496 e. The topological polar surface area (TPSA) is 195 Å². The van der Waals surface area contributed by atoms with Crippen molar-refractivity contribution in [1.29, 1.82) is 5.26 Å². The van der Waals surface area contributed by atoms with E-state index >= 15 is 0 Å². The number of nitriles is 1. The molecule has 16 heteroatoms. The molecule has 4 aromatic carbocycles. The molecule has 0 radical (unpaired) electrons. The van der Waals surface area contributed by atoms with Gasteiger partial charge in [0, 0.05) is 67.5 Å². The average Bonchev–Trinajstić information content (AvgIpc) is 3.28. The third-order valence-electron chi connectivity index (χ3n) is 11.2. The van der Waals surface area contributed by atoms with Crippen LogP contribution in [0.15, 0.2) is 79.1 Å². The van der Waals surface area contributed by atoms with Gasteiger partial charge in [-0.3, -0.25) is 24.4 Å². The number of carbonyl (C=O) groups is 2. The zero-order valence-corrected chi connectivity index (χ0v) is 38.5. The van der Waals surface area contributed by atoms with Gasteiger partial charge in [0.1, 0.15) is 61.0 Å². The number of hydrogen-bond acceptors (Lipinski definition) is 12. The average molecular weight is 930 g/mol. The highest BCUT2D eigenvalue weighted by molar-refractivity contribution is 6.32. The first kappa shape index (κ1) is 50.1. The van der Waals surface area contributed by atoms with Crippen LogP contribution in [-0.2, 0) is 42.5 Å². The van der Waals surface area contributed by atoms with Gasteiger partial charge in [0.25, 0.3) is 0 Å². The molecular formula is C49H54Cl2N4O10. The SMILES string of the molecule is COc1cc(OCc2cccc(-c3cccc(COc4cc(OCc5cncc(C#N)c5)c(CN(C)[C@@H](CCO)C(=O)O)cc4Cl)c3C)c2C)c(Cl)cc1CN(C)[C@@H](CCCO)C(=O)O. The van der Waals surface area contributed by atoms with E-state index in [0.717, 1.165) is 33.4 Å². The van der Waals surface area contributed by atoms with E-state index < -0.39 is 24.0 Å². The van der Waals surface area contributed by atoms with Gasteiger partial charge < -0.3 is 39.4 Å². The number of ether oxygens (including phenoxy) is 4. The molecule has 14 nitrogen and oxygen atoms in total. The fraction of sp³-hybridized carbons (Fsp3) is 0.347. The third-order valence-corrected chi connectivity index (χ3v) is 11.8. The standard InChI is InChI=1S/C49H54Cl2N4O10/c1-30-34(28-64-46-20-44(62-5)36(18-40(46)50)25-54(3)42(48(58)59)13-8-15-56)9-6-11-38(30)39-12-7-10-35(31(39)2)29-65-47-21-45(63-27-33-17-32(22-52)23-53-24-33)37(19-41(47)51)26-55(4)43(14-16-57)49(60)61/h6-7,9-12,17-21,23-24,42-43,56-57H,8,13-16,25-29H2,1-5H3,(H,58,59)(H,60,61)/t42-,43-/m0/s1. The van der Waals surface area contributed by atoms with Gasteiger partial charge in [-0.05, 0) is 98.8 Å². The first-order valence-electron chi connectivity index (χ1n) is 20.9. The molecule has 0 saturated carbocycles. The number of nitrogens with zero attached hydrogens (tertiary/aromatic N) is 4. The molecule has 5 rings (SSSR count). The Morgan fingerprint density at radius 3 is 1.69 bits per heavy atom. The fourth-order valence-electron chi connectivity index (χ4n) is 7.54. The number of rotatable bonds is 24. The zero-order chi connectivity index (χ0) is 47.2. The Morgan fingerprint density at radius 2 is 1.20 bits per heavy atom. The Kier molecular flexibility index (Phi) is 18.4. The van der Waals surface area contributed by atoms with Crippen LogP contribution in [0.2, 0.25) is 10.0 Å². The largest absolute Gasteiger partial charge is 0.496 e. The van der Waals surface area contributed by atoms with Crippen LogP contribution >= 0.6 is 23.2 Å². The van der Waals surface area contributed by atoms with Crippen LogP contribution in [0, 0.1) is 25.2 Å². The van der Waals surface area contributed by atoms with E-state index in [0.29, 0.717) is 68.1 Å². The summed E-state index contributed by atoms with van der Waals surface area (Å²) in [5, 5.41) is 48.3. The molecular weight excluding hydrogens is 875 g/mol. The number of carboxylic acids is 2. The summed E-state index contributed by atoms with van der Waals surface area (Å²) in [7, 11) is 4.88. The van der Waals surface area contributed by atoms with E-state index in [1.807, 2.05) is 50.2 Å². The van der Waals surface area contributed by atoms with Crippen LogP contribution in [0.5, 0.6) is 23.0 Å². The maximum absolute atomic E-state index is 12.0. The molecule has 0 aliphatic carbocycles. The van der Waals surface area contributed by atoms with Crippen LogP contribution in [0.3, 0.4) is 0 Å². The number of hydrogen-bond donors (Lipinski definition) is 4. The van der Waals surface area contributed by atoms with E-state index in [-0.39, 0.29) is 52.5 Å². The number of methoxy groups -OCH3 is 1. The second kappa shape index (κ2) is 23.8. The van der Waals surface area contributed by atoms with Gasteiger partial charge >= 0.3 is 11.9 Å². The summed E-state index contributed by atoms with van der Waals surface area (Å²) >= 11 is 13.5. The van der Waals surface area contributed by atoms with Crippen LogP contribution in [0.1, 0.15) is 63.8 Å². The Balaban J connectivity index is 1.34. The number of benzene rings is 4. The molecule has 0 saturated heterocycles. The highest BCUT2D eigenvalue weighted by Crippen LogP contribution is 2.38. The number of aromatic nitrogens is 1. The molecule has 2 atom stereocenters. The van der Waals surface area contributed by atoms with Crippen molar-refractivity contribution in [3.8, 4) is 40.2 Å². The molecule has 0 aliphatic rings. The summed E-state index contributed by atoms with van der Waals surface area (Å²) < 4.78 is 24.5. The van der Waals surface area contributed by atoms with Crippen molar-refractivity contribution in [3.63, 3.8) is 0 Å². The van der Waals surface area contributed by atoms with Crippen LogP contribution in [0.4, 0.5) is 0 Å². The first-order valence-corrected chi connectivity index (χ1v) is 21.6. The molecule has 1 heterocycles. The monoisotopic (exact) mass is 928 g/mol. The molecule has 4 N–H and O–H groups in total. The molecule has 0 fully saturated rings. The number of aliphatic hydroxyl groups is 2. The van der Waals surface area contributed by atoms with Crippen molar-refractivity contribution in [1.82, 2.24) is 14.8 Å². The van der Waals surface area contributed by atoms with E-state index in [9.17, 15) is 35.3 Å². The predicted octanol–water partition coefficient (Wildman–Crippen LogP) is 8.21. The molecule has 0 amide bonds. The molecule has 0 bridgehead atoms. The Bertz CT molecular complexity index is 2500. The minimum atomic E-state index is -1.07. The first-order chi connectivity index (χ1) is 31.2. The van der Waals surface area contributed by atoms with Crippen molar-refractivity contribution >= 4 is 35.1 Å². The normalized spacial score (nSPS) is 12.2. The molecule has 5 aromatic rings. The summed E-state index contributed by atoms with van der Waals surface area (Å²) in [6.07, 6.45) is 3.75. The summed E-state index contributed by atoms with van der Waals surface area (Å²) in [5.74, 6) is -0.387. The smallest absolute Gasteiger partial charge is 0.321 e. The summed E-state index contributed by atoms with van der Waals surface area (Å²) in [6.45, 7) is 4.50. The quantitative estimate of drug-likeness (QED) is 0.0462. The molecule has 0 unspecified atom stereocenters. The second-order valence-electron chi connectivity index (χ2n) is 15.6. The van der Waals surface area contributed by atoms with Crippen LogP contribution in [-0.4, -0.2) is 93.7 Å². The van der Waals surface area contributed by atoms with Crippen molar-refractivity contribution in [2.75, 3.05) is 34.4 Å². The number of carboxylic acid groups (broad SMARTS) is 2. The van der Waals surface area contributed by atoms with Gasteiger partial charge in [0.2, 0.25) is 0 Å².